The minimum atomic E-state index is 0. The number of unbranched alkanes of at least 4 members (excludes halogenated alkanes) is 18. The smallest absolute Gasteiger partial charge is 1.00 e. The van der Waals surface area contributed by atoms with E-state index in [0.29, 0.717) is 0 Å². The molecule has 0 aliphatic carbocycles. The van der Waals surface area contributed by atoms with Gasteiger partial charge in [-0.05, 0) is 61.1 Å². The molecule has 0 atom stereocenters. The number of hydrogen-bond acceptors (Lipinski definition) is 1. The van der Waals surface area contributed by atoms with Crippen molar-refractivity contribution in [3.05, 3.63) is 59.7 Å². The van der Waals surface area contributed by atoms with E-state index in [2.05, 4.69) is 62.4 Å². The van der Waals surface area contributed by atoms with Crippen LogP contribution < -0.4 is 63.9 Å². The first kappa shape index (κ1) is 39.2. The van der Waals surface area contributed by atoms with Crippen LogP contribution in [0.5, 0.6) is 11.5 Å². The summed E-state index contributed by atoms with van der Waals surface area (Å²) in [7, 11) is 0. The third-order valence-corrected chi connectivity index (χ3v) is 7.72. The van der Waals surface area contributed by atoms with Gasteiger partial charge in [0.15, 0.2) is 0 Å². The topological polar surface area (TPSA) is 9.23 Å². The van der Waals surface area contributed by atoms with E-state index in [-0.39, 0.29) is 62.0 Å². The van der Waals surface area contributed by atoms with Crippen molar-refractivity contribution < 1.29 is 66.7 Å². The Morgan fingerprint density at radius 2 is 0.641 bits per heavy atom. The van der Waals surface area contributed by atoms with Crippen molar-refractivity contribution in [2.75, 3.05) is 0 Å². The van der Waals surface area contributed by atoms with Gasteiger partial charge in [0.2, 0.25) is 0 Å². The van der Waals surface area contributed by atoms with Crippen LogP contribution in [-0.4, -0.2) is 0 Å². The molecule has 2 aromatic carbocycles. The molecule has 0 fully saturated rings. The Kier molecular flexibility index (Phi) is 28.5. The largest absolute Gasteiger partial charge is 1.00 e. The summed E-state index contributed by atoms with van der Waals surface area (Å²) in [6, 6.07) is 17.5. The Balaban J connectivity index is -0.00000361. The van der Waals surface area contributed by atoms with E-state index in [9.17, 15) is 0 Å². The number of aryl methyl sites for hydroxylation is 2. The van der Waals surface area contributed by atoms with Crippen LogP contribution in [0.2, 0.25) is 0 Å². The van der Waals surface area contributed by atoms with Gasteiger partial charge < -0.3 is 7.59 Å². The van der Waals surface area contributed by atoms with Crippen molar-refractivity contribution in [3.63, 3.8) is 0 Å². The van der Waals surface area contributed by atoms with Gasteiger partial charge in [0.25, 0.3) is 0 Å². The fraction of sp³-hybridized carbons (Fsp3) is 0.667. The molecule has 3 heteroatoms. The van der Waals surface area contributed by atoms with E-state index in [4.69, 9.17) is 4.74 Å². The van der Waals surface area contributed by atoms with Crippen LogP contribution in [-0.2, 0) is 12.8 Å². The molecule has 0 saturated heterocycles. The number of hydrogen-bond donors (Lipinski definition) is 0. The molecule has 2 aromatic rings. The van der Waals surface area contributed by atoms with Crippen LogP contribution in [0.15, 0.2) is 48.5 Å². The van der Waals surface area contributed by atoms with E-state index in [0.717, 1.165) is 11.5 Å². The van der Waals surface area contributed by atoms with Crippen molar-refractivity contribution in [1.82, 2.24) is 0 Å². The van der Waals surface area contributed by atoms with Gasteiger partial charge in [-0.25, -0.2) is 0 Å². The molecule has 0 heterocycles. The molecule has 0 amide bonds. The summed E-state index contributed by atoms with van der Waals surface area (Å²) in [6.07, 6.45) is 30.3. The molecule has 0 aromatic heterocycles. The van der Waals surface area contributed by atoms with Crippen LogP contribution in [0.4, 0.5) is 0 Å². The van der Waals surface area contributed by atoms with Crippen LogP contribution in [0.3, 0.4) is 0 Å². The second-order valence-corrected chi connectivity index (χ2v) is 11.3. The molecular weight excluding hydrogens is 494 g/mol. The second kappa shape index (κ2) is 28.4. The number of ether oxygens (including phenoxy) is 1. The maximum atomic E-state index is 6.10. The molecule has 0 aliphatic rings. The Labute approximate surface area is 290 Å². The van der Waals surface area contributed by atoms with Crippen molar-refractivity contribution in [2.24, 2.45) is 0 Å². The van der Waals surface area contributed by atoms with Crippen LogP contribution in [0.25, 0.3) is 0 Å². The fourth-order valence-corrected chi connectivity index (χ4v) is 5.22. The molecule has 0 N–H and O–H groups in total. The molecule has 39 heavy (non-hydrogen) atoms. The van der Waals surface area contributed by atoms with Crippen molar-refractivity contribution >= 4 is 0 Å². The summed E-state index contributed by atoms with van der Waals surface area (Å²) in [5.74, 6) is 1.88. The summed E-state index contributed by atoms with van der Waals surface area (Å²) >= 11 is 0. The van der Waals surface area contributed by atoms with Gasteiger partial charge >= 0.3 is 59.1 Å². The summed E-state index contributed by atoms with van der Waals surface area (Å²) in [4.78, 5) is 0. The fourth-order valence-electron chi connectivity index (χ4n) is 5.22. The maximum absolute atomic E-state index is 6.10. The van der Waals surface area contributed by atoms with Crippen LogP contribution in [0.1, 0.15) is 156 Å². The third kappa shape index (κ3) is 21.6. The Morgan fingerprint density at radius 1 is 0.385 bits per heavy atom. The van der Waals surface area contributed by atoms with Gasteiger partial charge in [-0.3, -0.25) is 0 Å². The summed E-state index contributed by atoms with van der Waals surface area (Å²) < 4.78 is 6.10. The van der Waals surface area contributed by atoms with Gasteiger partial charge in [-0.1, -0.05) is 154 Å². The predicted molar refractivity (Wildman–Crippen MR) is 166 cm³/mol. The quantitative estimate of drug-likeness (QED) is 0.104. The molecular formula is C36H60Na2O. The molecule has 0 bridgehead atoms. The molecule has 212 valence electrons. The standard InChI is InChI=1S/C36H58O.2Na.2H/c1-3-5-7-9-11-13-15-17-19-21-23-33-25-29-35(30-26-33)37-36-31-27-34(28-32-36)24-22-20-18-16-14-12-10-8-6-4-2;;;;/h25-32H,3-24H2,1-2H3;;;;/q;2*+1;2*-1. The van der Waals surface area contributed by atoms with Crippen LogP contribution >= 0.6 is 0 Å². The first-order chi connectivity index (χ1) is 18.3. The van der Waals surface area contributed by atoms with Gasteiger partial charge in [-0.15, -0.1) is 0 Å². The van der Waals surface area contributed by atoms with Crippen molar-refractivity contribution in [1.29, 1.82) is 0 Å². The molecule has 0 radical (unpaired) electrons. The SMILES string of the molecule is CCCCCCCCCCCCc1ccc(Oc2ccc(CCCCCCCCCCCC)cc2)cc1.[H-].[H-].[Na+].[Na+]. The Morgan fingerprint density at radius 3 is 0.923 bits per heavy atom. The summed E-state index contributed by atoms with van der Waals surface area (Å²) in [5.41, 5.74) is 2.86. The molecule has 0 unspecified atom stereocenters. The summed E-state index contributed by atoms with van der Waals surface area (Å²) in [5, 5.41) is 0. The zero-order chi connectivity index (χ0) is 26.2. The third-order valence-electron chi connectivity index (χ3n) is 7.72. The Bertz CT molecular complexity index is 703. The zero-order valence-corrected chi connectivity index (χ0v) is 30.6. The zero-order valence-electron chi connectivity index (χ0n) is 28.6. The maximum Gasteiger partial charge on any atom is 1.00 e. The molecule has 0 saturated carbocycles. The average Bonchev–Trinajstić information content (AvgIpc) is 2.92. The minimum Gasteiger partial charge on any atom is -1.00 e. The van der Waals surface area contributed by atoms with E-state index in [1.54, 1.807) is 0 Å². The first-order valence-corrected chi connectivity index (χ1v) is 16.2. The number of rotatable bonds is 24. The van der Waals surface area contributed by atoms with E-state index < -0.39 is 0 Å². The van der Waals surface area contributed by atoms with E-state index in [1.165, 1.54) is 152 Å². The Hall–Kier alpha value is 0.240. The minimum absolute atomic E-state index is 0. The monoisotopic (exact) mass is 554 g/mol. The van der Waals surface area contributed by atoms with E-state index in [1.807, 2.05) is 0 Å². The van der Waals surface area contributed by atoms with E-state index >= 15 is 0 Å². The van der Waals surface area contributed by atoms with Gasteiger partial charge in [0.05, 0.1) is 0 Å². The van der Waals surface area contributed by atoms with Crippen LogP contribution in [0, 0.1) is 0 Å². The number of benzene rings is 2. The molecule has 0 spiro atoms. The molecule has 0 aliphatic heterocycles. The van der Waals surface area contributed by atoms with Gasteiger partial charge in [0, 0.05) is 0 Å². The van der Waals surface area contributed by atoms with Crippen molar-refractivity contribution in [2.45, 2.75) is 155 Å². The first-order valence-electron chi connectivity index (χ1n) is 16.2. The van der Waals surface area contributed by atoms with Gasteiger partial charge in [-0.2, -0.15) is 0 Å². The molecule has 1 nitrogen and oxygen atoms in total. The predicted octanol–water partition coefficient (Wildman–Crippen LogP) is 6.64. The average molecular weight is 555 g/mol. The second-order valence-electron chi connectivity index (χ2n) is 11.3. The molecule has 2 rings (SSSR count). The summed E-state index contributed by atoms with van der Waals surface area (Å²) in [6.45, 7) is 4.58. The van der Waals surface area contributed by atoms with Crippen molar-refractivity contribution in [3.8, 4) is 11.5 Å². The normalized spacial score (nSPS) is 10.6. The van der Waals surface area contributed by atoms with Gasteiger partial charge in [0.1, 0.15) is 11.5 Å².